The zero-order chi connectivity index (χ0) is 16.7. The Hall–Kier alpha value is -2.26. The maximum atomic E-state index is 11.1. The predicted molar refractivity (Wildman–Crippen MR) is 92.7 cm³/mol. The Bertz CT molecular complexity index is 695. The van der Waals surface area contributed by atoms with Gasteiger partial charge in [-0.3, -0.25) is 4.79 Å². The number of rotatable bonds is 8. The van der Waals surface area contributed by atoms with Crippen molar-refractivity contribution in [3.05, 3.63) is 70.8 Å². The second kappa shape index (κ2) is 8.39. The van der Waals surface area contributed by atoms with E-state index in [2.05, 4.69) is 6.58 Å². The number of carbonyl (C=O) groups excluding carboxylic acids is 1. The van der Waals surface area contributed by atoms with Crippen molar-refractivity contribution in [2.45, 2.75) is 20.0 Å². The monoisotopic (exact) mass is 330 g/mol. The van der Waals surface area contributed by atoms with E-state index in [0.717, 1.165) is 17.4 Å². The molecule has 2 aromatic carbocycles. The Balaban J connectivity index is 2.35. The molecule has 0 radical (unpaired) electrons. The molecule has 23 heavy (non-hydrogen) atoms. The summed E-state index contributed by atoms with van der Waals surface area (Å²) in [5.74, 6) is 1.18. The molecule has 0 bridgehead atoms. The molecule has 0 heterocycles. The highest BCUT2D eigenvalue weighted by Crippen LogP contribution is 2.34. The summed E-state index contributed by atoms with van der Waals surface area (Å²) in [5.41, 5.74) is 2.30. The summed E-state index contributed by atoms with van der Waals surface area (Å²) in [6, 6.07) is 11.0. The van der Waals surface area contributed by atoms with E-state index in [1.807, 2.05) is 31.2 Å². The van der Waals surface area contributed by atoms with Crippen LogP contribution < -0.4 is 9.47 Å². The standard InChI is InChI=1S/C19H19ClO3/c1-3-7-15-10-14(12-21)11-18(22-4-2)19(15)23-13-16-8-5-6-9-17(16)20/h3,5-6,8-12H,1,4,7,13H2,2H3. The molecule has 120 valence electrons. The maximum absolute atomic E-state index is 11.1. The summed E-state index contributed by atoms with van der Waals surface area (Å²) < 4.78 is 11.6. The number of halogens is 1. The van der Waals surface area contributed by atoms with Gasteiger partial charge in [-0.15, -0.1) is 6.58 Å². The van der Waals surface area contributed by atoms with Gasteiger partial charge in [0.15, 0.2) is 11.5 Å². The zero-order valence-electron chi connectivity index (χ0n) is 13.0. The fourth-order valence-electron chi connectivity index (χ4n) is 2.25. The van der Waals surface area contributed by atoms with Crippen molar-refractivity contribution >= 4 is 17.9 Å². The largest absolute Gasteiger partial charge is 0.490 e. The minimum Gasteiger partial charge on any atom is -0.490 e. The number of hydrogen-bond acceptors (Lipinski definition) is 3. The summed E-state index contributed by atoms with van der Waals surface area (Å²) in [6.07, 6.45) is 3.15. The number of allylic oxidation sites excluding steroid dienone is 1. The van der Waals surface area contributed by atoms with Gasteiger partial charge in [0, 0.05) is 21.7 Å². The lowest BCUT2D eigenvalue weighted by Gasteiger charge is -2.16. The Labute approximate surface area is 141 Å². The first-order valence-electron chi connectivity index (χ1n) is 7.41. The van der Waals surface area contributed by atoms with Crippen molar-refractivity contribution in [1.29, 1.82) is 0 Å². The van der Waals surface area contributed by atoms with Crippen LogP contribution in [0.1, 0.15) is 28.4 Å². The summed E-state index contributed by atoms with van der Waals surface area (Å²) in [6.45, 7) is 6.45. The highest BCUT2D eigenvalue weighted by atomic mass is 35.5. The van der Waals surface area contributed by atoms with E-state index in [9.17, 15) is 4.79 Å². The SMILES string of the molecule is C=CCc1cc(C=O)cc(OCC)c1OCc1ccccc1Cl. The Morgan fingerprint density at radius 1 is 1.17 bits per heavy atom. The summed E-state index contributed by atoms with van der Waals surface area (Å²) >= 11 is 6.17. The normalized spacial score (nSPS) is 10.2. The van der Waals surface area contributed by atoms with Gasteiger partial charge in [-0.25, -0.2) is 0 Å². The highest BCUT2D eigenvalue weighted by Gasteiger charge is 2.14. The van der Waals surface area contributed by atoms with Crippen LogP contribution in [0.2, 0.25) is 5.02 Å². The Morgan fingerprint density at radius 2 is 1.96 bits per heavy atom. The predicted octanol–water partition coefficient (Wildman–Crippen LogP) is 4.86. The van der Waals surface area contributed by atoms with Gasteiger partial charge in [0.1, 0.15) is 12.9 Å². The first kappa shape index (κ1) is 17.1. The van der Waals surface area contributed by atoms with Gasteiger partial charge >= 0.3 is 0 Å². The molecule has 0 fully saturated rings. The molecule has 3 nitrogen and oxygen atoms in total. The van der Waals surface area contributed by atoms with Crippen LogP contribution in [0.4, 0.5) is 0 Å². The molecule has 2 rings (SSSR count). The maximum Gasteiger partial charge on any atom is 0.165 e. The number of ether oxygens (including phenoxy) is 2. The molecule has 0 aliphatic rings. The third-order valence-corrected chi connectivity index (χ3v) is 3.65. The molecule has 2 aromatic rings. The molecule has 0 spiro atoms. The summed E-state index contributed by atoms with van der Waals surface area (Å²) in [4.78, 5) is 11.1. The van der Waals surface area contributed by atoms with Crippen LogP contribution in [-0.2, 0) is 13.0 Å². The van der Waals surface area contributed by atoms with Crippen molar-refractivity contribution in [3.63, 3.8) is 0 Å². The van der Waals surface area contributed by atoms with Crippen LogP contribution in [0.5, 0.6) is 11.5 Å². The molecular weight excluding hydrogens is 312 g/mol. The van der Waals surface area contributed by atoms with Crippen molar-refractivity contribution in [3.8, 4) is 11.5 Å². The minimum atomic E-state index is 0.324. The average molecular weight is 331 g/mol. The van der Waals surface area contributed by atoms with Crippen LogP contribution in [0, 0.1) is 0 Å². The first-order chi connectivity index (χ1) is 11.2. The van der Waals surface area contributed by atoms with E-state index < -0.39 is 0 Å². The molecule has 0 aliphatic heterocycles. The quantitative estimate of drug-likeness (QED) is 0.512. The third-order valence-electron chi connectivity index (χ3n) is 3.28. The number of benzene rings is 2. The average Bonchev–Trinajstić information content (AvgIpc) is 2.55. The summed E-state index contributed by atoms with van der Waals surface area (Å²) in [7, 11) is 0. The van der Waals surface area contributed by atoms with E-state index in [0.29, 0.717) is 41.7 Å². The number of carbonyl (C=O) groups is 1. The molecule has 4 heteroatoms. The smallest absolute Gasteiger partial charge is 0.165 e. The van der Waals surface area contributed by atoms with Gasteiger partial charge in [-0.2, -0.15) is 0 Å². The molecule has 0 N–H and O–H groups in total. The minimum absolute atomic E-state index is 0.324. The van der Waals surface area contributed by atoms with Gasteiger partial charge < -0.3 is 9.47 Å². The highest BCUT2D eigenvalue weighted by molar-refractivity contribution is 6.31. The topological polar surface area (TPSA) is 35.5 Å². The lowest BCUT2D eigenvalue weighted by Crippen LogP contribution is -2.04. The van der Waals surface area contributed by atoms with E-state index in [1.165, 1.54) is 0 Å². The van der Waals surface area contributed by atoms with Crippen LogP contribution in [-0.4, -0.2) is 12.9 Å². The number of hydrogen-bond donors (Lipinski definition) is 0. The second-order valence-corrected chi connectivity index (χ2v) is 5.34. The van der Waals surface area contributed by atoms with Gasteiger partial charge in [0.25, 0.3) is 0 Å². The molecule has 0 aliphatic carbocycles. The van der Waals surface area contributed by atoms with E-state index >= 15 is 0 Å². The third kappa shape index (κ3) is 4.36. The molecule has 0 amide bonds. The van der Waals surface area contributed by atoms with Crippen molar-refractivity contribution in [2.75, 3.05) is 6.61 Å². The summed E-state index contributed by atoms with van der Waals surface area (Å²) in [5, 5.41) is 0.653. The second-order valence-electron chi connectivity index (χ2n) is 4.93. The van der Waals surface area contributed by atoms with Crippen molar-refractivity contribution in [2.24, 2.45) is 0 Å². The lowest BCUT2D eigenvalue weighted by atomic mass is 10.1. The van der Waals surface area contributed by atoms with Gasteiger partial charge in [-0.1, -0.05) is 35.9 Å². The van der Waals surface area contributed by atoms with Gasteiger partial charge in [0.05, 0.1) is 6.61 Å². The van der Waals surface area contributed by atoms with E-state index in [-0.39, 0.29) is 0 Å². The molecule has 0 unspecified atom stereocenters. The molecular formula is C19H19ClO3. The van der Waals surface area contributed by atoms with Crippen molar-refractivity contribution < 1.29 is 14.3 Å². The van der Waals surface area contributed by atoms with Crippen LogP contribution in [0.25, 0.3) is 0 Å². The lowest BCUT2D eigenvalue weighted by molar-refractivity contribution is 0.112. The number of aldehydes is 1. The molecule has 0 saturated carbocycles. The fraction of sp³-hybridized carbons (Fsp3) is 0.211. The van der Waals surface area contributed by atoms with Crippen LogP contribution in [0.15, 0.2) is 49.1 Å². The van der Waals surface area contributed by atoms with Crippen molar-refractivity contribution in [1.82, 2.24) is 0 Å². The zero-order valence-corrected chi connectivity index (χ0v) is 13.8. The first-order valence-corrected chi connectivity index (χ1v) is 7.79. The van der Waals surface area contributed by atoms with Crippen LogP contribution >= 0.6 is 11.6 Å². The molecule has 0 aromatic heterocycles. The molecule has 0 atom stereocenters. The fourth-order valence-corrected chi connectivity index (χ4v) is 2.44. The van der Waals surface area contributed by atoms with E-state index in [4.69, 9.17) is 21.1 Å². The van der Waals surface area contributed by atoms with Gasteiger partial charge in [0.2, 0.25) is 0 Å². The Morgan fingerprint density at radius 3 is 2.61 bits per heavy atom. The molecule has 0 saturated heterocycles. The van der Waals surface area contributed by atoms with Crippen LogP contribution in [0.3, 0.4) is 0 Å². The Kier molecular flexibility index (Phi) is 6.24. The van der Waals surface area contributed by atoms with E-state index in [1.54, 1.807) is 18.2 Å². The van der Waals surface area contributed by atoms with Gasteiger partial charge in [-0.05, 0) is 31.5 Å².